The number of aromatic amines is 1. The quantitative estimate of drug-likeness (QED) is 0.702. The molecular formula is C12H12BrN3O4S. The van der Waals surface area contributed by atoms with E-state index in [1.54, 1.807) is 12.1 Å². The maximum absolute atomic E-state index is 12.2. The number of carboxylic acids is 1. The first-order chi connectivity index (χ1) is 9.88. The number of rotatable bonds is 6. The molecule has 1 unspecified atom stereocenters. The maximum atomic E-state index is 12.2. The predicted molar refractivity (Wildman–Crippen MR) is 78.2 cm³/mol. The van der Waals surface area contributed by atoms with Crippen LogP contribution in [0, 0.1) is 0 Å². The van der Waals surface area contributed by atoms with Crippen molar-refractivity contribution in [3.8, 4) is 0 Å². The largest absolute Gasteiger partial charge is 0.480 e. The Labute approximate surface area is 129 Å². The summed E-state index contributed by atoms with van der Waals surface area (Å²) >= 11 is 3.18. The third-order valence-electron chi connectivity index (χ3n) is 2.68. The fourth-order valence-corrected chi connectivity index (χ4v) is 3.47. The number of imidazole rings is 1. The molecule has 2 rings (SSSR count). The molecule has 0 bridgehead atoms. The van der Waals surface area contributed by atoms with Crippen molar-refractivity contribution in [3.05, 3.63) is 47.0 Å². The van der Waals surface area contributed by atoms with Crippen molar-refractivity contribution in [1.82, 2.24) is 14.7 Å². The van der Waals surface area contributed by atoms with Gasteiger partial charge >= 0.3 is 5.97 Å². The number of benzene rings is 1. The van der Waals surface area contributed by atoms with Crippen LogP contribution in [0.25, 0.3) is 0 Å². The molecule has 112 valence electrons. The second-order valence-corrected chi connectivity index (χ2v) is 6.88. The van der Waals surface area contributed by atoms with Gasteiger partial charge in [-0.15, -0.1) is 0 Å². The number of nitrogens with zero attached hydrogens (tertiary/aromatic N) is 1. The Balaban J connectivity index is 2.21. The van der Waals surface area contributed by atoms with Crippen molar-refractivity contribution in [2.75, 3.05) is 0 Å². The van der Waals surface area contributed by atoms with E-state index in [9.17, 15) is 13.2 Å². The van der Waals surface area contributed by atoms with Gasteiger partial charge in [0.2, 0.25) is 10.0 Å². The lowest BCUT2D eigenvalue weighted by Crippen LogP contribution is -2.42. The molecule has 21 heavy (non-hydrogen) atoms. The van der Waals surface area contributed by atoms with Crippen molar-refractivity contribution >= 4 is 31.9 Å². The first-order valence-electron chi connectivity index (χ1n) is 5.86. The molecule has 3 N–H and O–H groups in total. The Hall–Kier alpha value is -1.71. The number of carbonyl (C=O) groups is 1. The Morgan fingerprint density at radius 3 is 2.81 bits per heavy atom. The molecule has 0 fully saturated rings. The number of H-pyrrole nitrogens is 1. The van der Waals surface area contributed by atoms with Gasteiger partial charge in [0.1, 0.15) is 6.04 Å². The molecule has 0 amide bonds. The highest BCUT2D eigenvalue weighted by Gasteiger charge is 2.26. The van der Waals surface area contributed by atoms with Gasteiger partial charge in [0, 0.05) is 22.8 Å². The molecule has 0 aliphatic carbocycles. The minimum atomic E-state index is -3.93. The minimum Gasteiger partial charge on any atom is -0.480 e. The summed E-state index contributed by atoms with van der Waals surface area (Å²) in [5.74, 6) is -1.26. The van der Waals surface area contributed by atoms with Gasteiger partial charge in [-0.1, -0.05) is 22.0 Å². The van der Waals surface area contributed by atoms with Crippen LogP contribution in [0.4, 0.5) is 0 Å². The van der Waals surface area contributed by atoms with E-state index in [1.807, 2.05) is 0 Å². The summed E-state index contributed by atoms with van der Waals surface area (Å²) in [6, 6.07) is 4.75. The number of aromatic nitrogens is 2. The number of halogens is 1. The molecule has 0 radical (unpaired) electrons. The topological polar surface area (TPSA) is 112 Å². The highest BCUT2D eigenvalue weighted by atomic mass is 79.9. The van der Waals surface area contributed by atoms with Crippen LogP contribution in [-0.2, 0) is 21.2 Å². The number of aliphatic carboxylic acids is 1. The van der Waals surface area contributed by atoms with Gasteiger partial charge in [-0.2, -0.15) is 4.72 Å². The van der Waals surface area contributed by atoms with E-state index in [2.05, 4.69) is 30.6 Å². The molecule has 2 aromatic rings. The fraction of sp³-hybridized carbons (Fsp3) is 0.167. The van der Waals surface area contributed by atoms with E-state index >= 15 is 0 Å². The van der Waals surface area contributed by atoms with Gasteiger partial charge in [-0.3, -0.25) is 4.79 Å². The van der Waals surface area contributed by atoms with Gasteiger partial charge in [0.05, 0.1) is 11.2 Å². The molecule has 0 saturated carbocycles. The number of sulfonamides is 1. The molecule has 0 saturated heterocycles. The van der Waals surface area contributed by atoms with E-state index < -0.39 is 22.0 Å². The van der Waals surface area contributed by atoms with E-state index in [1.165, 1.54) is 24.7 Å². The fourth-order valence-electron chi connectivity index (χ4n) is 1.69. The smallest absolute Gasteiger partial charge is 0.322 e. The average molecular weight is 374 g/mol. The zero-order valence-corrected chi connectivity index (χ0v) is 13.1. The Kier molecular flexibility index (Phi) is 4.76. The van der Waals surface area contributed by atoms with E-state index in [-0.39, 0.29) is 11.3 Å². The number of hydrogen-bond acceptors (Lipinski definition) is 4. The van der Waals surface area contributed by atoms with E-state index in [4.69, 9.17) is 5.11 Å². The molecule has 1 heterocycles. The van der Waals surface area contributed by atoms with Crippen molar-refractivity contribution in [1.29, 1.82) is 0 Å². The second kappa shape index (κ2) is 6.37. The lowest BCUT2D eigenvalue weighted by molar-refractivity contribution is -0.138. The number of hydrogen-bond donors (Lipinski definition) is 3. The third-order valence-corrected chi connectivity index (χ3v) is 4.64. The molecule has 9 heteroatoms. The highest BCUT2D eigenvalue weighted by molar-refractivity contribution is 9.10. The van der Waals surface area contributed by atoms with Crippen LogP contribution in [0.3, 0.4) is 0 Å². The average Bonchev–Trinajstić information content (AvgIpc) is 2.90. The van der Waals surface area contributed by atoms with Gasteiger partial charge in [0.15, 0.2) is 0 Å². The minimum absolute atomic E-state index is 0.00673. The van der Waals surface area contributed by atoms with Crippen LogP contribution in [0.15, 0.2) is 46.2 Å². The summed E-state index contributed by atoms with van der Waals surface area (Å²) in [6.45, 7) is 0. The first-order valence-corrected chi connectivity index (χ1v) is 8.14. The molecule has 7 nitrogen and oxygen atoms in total. The SMILES string of the molecule is O=C(O)C(Cc1cnc[nH]1)NS(=O)(=O)c1cccc(Br)c1. The Morgan fingerprint density at radius 1 is 1.48 bits per heavy atom. The molecule has 1 aromatic carbocycles. The normalized spacial score (nSPS) is 13.0. The van der Waals surface area contributed by atoms with Crippen molar-refractivity contribution in [2.45, 2.75) is 17.4 Å². The van der Waals surface area contributed by atoms with Crippen LogP contribution in [0.1, 0.15) is 5.69 Å². The summed E-state index contributed by atoms with van der Waals surface area (Å²) in [7, 11) is -3.93. The summed E-state index contributed by atoms with van der Waals surface area (Å²) in [6.07, 6.45) is 2.82. The standard InChI is InChI=1S/C12H12BrN3O4S/c13-8-2-1-3-10(4-8)21(19,20)16-11(12(17)18)5-9-6-14-7-15-9/h1-4,6-7,11,16H,5H2,(H,14,15)(H,17,18). The van der Waals surface area contributed by atoms with Gasteiger partial charge in [0.25, 0.3) is 0 Å². The molecule has 0 spiro atoms. The monoisotopic (exact) mass is 373 g/mol. The summed E-state index contributed by atoms with van der Waals surface area (Å²) in [5.41, 5.74) is 0.527. The van der Waals surface area contributed by atoms with Crippen molar-refractivity contribution in [2.24, 2.45) is 0 Å². The van der Waals surface area contributed by atoms with Gasteiger partial charge in [-0.05, 0) is 18.2 Å². The van der Waals surface area contributed by atoms with Crippen molar-refractivity contribution in [3.63, 3.8) is 0 Å². The van der Waals surface area contributed by atoms with Gasteiger partial charge < -0.3 is 10.1 Å². The maximum Gasteiger partial charge on any atom is 0.322 e. The second-order valence-electron chi connectivity index (χ2n) is 4.25. The summed E-state index contributed by atoms with van der Waals surface area (Å²) < 4.78 is 27.2. The summed E-state index contributed by atoms with van der Waals surface area (Å²) in [4.78, 5) is 17.7. The Bertz CT molecular complexity index is 731. The predicted octanol–water partition coefficient (Wildman–Crippen LogP) is 1.15. The van der Waals surface area contributed by atoms with Crippen molar-refractivity contribution < 1.29 is 18.3 Å². The van der Waals surface area contributed by atoms with Gasteiger partial charge in [-0.25, -0.2) is 13.4 Å². The van der Waals surface area contributed by atoms with Crippen LogP contribution in [0.2, 0.25) is 0 Å². The zero-order valence-electron chi connectivity index (χ0n) is 10.7. The van der Waals surface area contributed by atoms with Crippen LogP contribution in [-0.4, -0.2) is 35.5 Å². The number of nitrogens with one attached hydrogen (secondary N) is 2. The molecule has 1 aromatic heterocycles. The molecule has 0 aliphatic rings. The van der Waals surface area contributed by atoms with Crippen LogP contribution in [0.5, 0.6) is 0 Å². The number of carboxylic acid groups (broad SMARTS) is 1. The van der Waals surface area contributed by atoms with Crippen LogP contribution < -0.4 is 4.72 Å². The molecule has 0 aliphatic heterocycles. The zero-order chi connectivity index (χ0) is 15.5. The van der Waals surface area contributed by atoms with E-state index in [0.29, 0.717) is 10.2 Å². The first kappa shape index (κ1) is 15.7. The lowest BCUT2D eigenvalue weighted by atomic mass is 10.2. The summed E-state index contributed by atoms with van der Waals surface area (Å²) in [5, 5.41) is 9.17. The highest BCUT2D eigenvalue weighted by Crippen LogP contribution is 2.16. The molecular weight excluding hydrogens is 362 g/mol. The van der Waals surface area contributed by atoms with E-state index in [0.717, 1.165) is 0 Å². The Morgan fingerprint density at radius 2 is 2.24 bits per heavy atom. The van der Waals surface area contributed by atoms with Crippen LogP contribution >= 0.6 is 15.9 Å². The third kappa shape index (κ3) is 4.13. The lowest BCUT2D eigenvalue weighted by Gasteiger charge is -2.14. The molecule has 1 atom stereocenters.